The lowest BCUT2D eigenvalue weighted by atomic mass is 9.87. The highest BCUT2D eigenvalue weighted by Crippen LogP contribution is 2.28. The van der Waals surface area contributed by atoms with Crippen molar-refractivity contribution in [3.8, 4) is 0 Å². The quantitative estimate of drug-likeness (QED) is 0.244. The summed E-state index contributed by atoms with van der Waals surface area (Å²) in [5, 5.41) is 0. The summed E-state index contributed by atoms with van der Waals surface area (Å²) in [5.41, 5.74) is 1.24. The number of hydrogen-bond donors (Lipinski definition) is 1. The summed E-state index contributed by atoms with van der Waals surface area (Å²) in [6.45, 7) is 12.1. The lowest BCUT2D eigenvalue weighted by Gasteiger charge is -2.31. The first-order valence-corrected chi connectivity index (χ1v) is 12.9. The Hall–Kier alpha value is -3.65. The van der Waals surface area contributed by atoms with E-state index in [4.69, 9.17) is 11.8 Å². The molecule has 0 bridgehead atoms. The van der Waals surface area contributed by atoms with Crippen LogP contribution < -0.4 is 4.84 Å². The minimum atomic E-state index is -0.470. The summed E-state index contributed by atoms with van der Waals surface area (Å²) < 4.78 is 0. The molecule has 9 nitrogen and oxygen atoms in total. The zero-order valence-electron chi connectivity index (χ0n) is 22.9. The molecule has 0 unspecified atom stereocenters. The van der Waals surface area contributed by atoms with Crippen molar-refractivity contribution in [1.82, 2.24) is 14.6 Å². The molecule has 2 heterocycles. The van der Waals surface area contributed by atoms with Gasteiger partial charge in [-0.2, -0.15) is 0 Å². The smallest absolute Gasteiger partial charge is 0.261 e. The number of carbonyl (C=O) groups is 4. The average Bonchev–Trinajstić information content (AvgIpc) is 3.26. The van der Waals surface area contributed by atoms with Crippen molar-refractivity contribution in [2.24, 2.45) is 15.8 Å². The number of nitrogens with zero attached hydrogens (tertiary/aromatic N) is 3. The first-order chi connectivity index (χ1) is 18.2. The number of halogens is 1. The Labute approximate surface area is 233 Å². The zero-order valence-corrected chi connectivity index (χ0v) is 23.7. The van der Waals surface area contributed by atoms with Gasteiger partial charge in [-0.25, -0.2) is 14.6 Å². The second-order valence-electron chi connectivity index (χ2n) is 11.7. The van der Waals surface area contributed by atoms with Gasteiger partial charge in [0, 0.05) is 12.6 Å². The van der Waals surface area contributed by atoms with Crippen LogP contribution in [0.1, 0.15) is 83.0 Å². The molecule has 39 heavy (non-hydrogen) atoms. The molecule has 2 aromatic rings. The van der Waals surface area contributed by atoms with Gasteiger partial charge in [0.25, 0.3) is 23.6 Å². The largest absolute Gasteiger partial charge is 0.273 e. The molecule has 0 aromatic heterocycles. The Bertz CT molecular complexity index is 1270. The van der Waals surface area contributed by atoms with Gasteiger partial charge in [-0.15, -0.1) is 0 Å². The molecule has 0 aliphatic carbocycles. The van der Waals surface area contributed by atoms with E-state index in [-0.39, 0.29) is 53.6 Å². The van der Waals surface area contributed by atoms with Gasteiger partial charge in [0.2, 0.25) is 6.08 Å². The standard InChI is InChI=1S/C15H16N2O3.C14H17ClN2O2/c1-15(2,3)12(16-9-18)8-17-13(19)10-6-4-5-7-11(10)14(17)20;1-14(2,3)11(16-15)8-17-12(18)9-6-4-5-7-10(9)13(17)19/h4-7,12H,8H2,1-3H3;4-7,11,16H,8H2,1-3H3/t12-;11-/m11/s1. The van der Waals surface area contributed by atoms with E-state index >= 15 is 0 Å². The molecule has 10 heteroatoms. The number of aliphatic imine (C=N–C) groups is 1. The van der Waals surface area contributed by atoms with Crippen LogP contribution in [0.3, 0.4) is 0 Å². The number of rotatable bonds is 6. The fraction of sp³-hybridized carbons (Fsp3) is 0.414. The Morgan fingerprint density at radius 2 is 1.08 bits per heavy atom. The molecule has 2 aliphatic heterocycles. The van der Waals surface area contributed by atoms with E-state index in [1.54, 1.807) is 48.5 Å². The predicted octanol–water partition coefficient (Wildman–Crippen LogP) is 4.47. The number of nitrogens with one attached hydrogen (secondary N) is 1. The second kappa shape index (κ2) is 11.6. The van der Waals surface area contributed by atoms with Crippen molar-refractivity contribution in [3.63, 3.8) is 0 Å². The first kappa shape index (κ1) is 29.9. The van der Waals surface area contributed by atoms with Gasteiger partial charge in [-0.05, 0) is 46.9 Å². The Morgan fingerprint density at radius 1 is 0.718 bits per heavy atom. The molecule has 4 amide bonds. The van der Waals surface area contributed by atoms with E-state index in [9.17, 15) is 24.0 Å². The fourth-order valence-corrected chi connectivity index (χ4v) is 4.61. The van der Waals surface area contributed by atoms with Crippen molar-refractivity contribution in [1.29, 1.82) is 0 Å². The molecule has 1 N–H and O–H groups in total. The molecule has 0 saturated heterocycles. The normalized spacial score (nSPS) is 16.3. The number of carbonyl (C=O) groups excluding carboxylic acids is 5. The van der Waals surface area contributed by atoms with E-state index in [0.717, 1.165) is 4.90 Å². The van der Waals surface area contributed by atoms with Crippen LogP contribution in [-0.4, -0.2) is 64.7 Å². The summed E-state index contributed by atoms with van der Waals surface area (Å²) in [6, 6.07) is 12.9. The van der Waals surface area contributed by atoms with Gasteiger partial charge < -0.3 is 0 Å². The minimum Gasteiger partial charge on any atom is -0.273 e. The number of benzene rings is 2. The van der Waals surface area contributed by atoms with Gasteiger partial charge in [-0.3, -0.25) is 29.0 Å². The van der Waals surface area contributed by atoms with Crippen molar-refractivity contribution >= 4 is 41.5 Å². The molecule has 206 valence electrons. The van der Waals surface area contributed by atoms with E-state index in [0.29, 0.717) is 22.3 Å². The van der Waals surface area contributed by atoms with Crippen LogP contribution in [0.2, 0.25) is 0 Å². The molecule has 0 radical (unpaired) electrons. The Balaban J connectivity index is 0.000000216. The summed E-state index contributed by atoms with van der Waals surface area (Å²) in [7, 11) is 0. The lowest BCUT2D eigenvalue weighted by molar-refractivity contribution is 0.0605. The van der Waals surface area contributed by atoms with Crippen molar-refractivity contribution < 1.29 is 24.0 Å². The lowest BCUT2D eigenvalue weighted by Crippen LogP contribution is -2.47. The number of amides is 4. The highest BCUT2D eigenvalue weighted by molar-refractivity contribution is 6.22. The third-order valence-electron chi connectivity index (χ3n) is 6.86. The number of imide groups is 2. The molecule has 0 fully saturated rings. The second-order valence-corrected chi connectivity index (χ2v) is 11.9. The van der Waals surface area contributed by atoms with E-state index < -0.39 is 6.04 Å². The molecule has 2 atom stereocenters. The highest BCUT2D eigenvalue weighted by Gasteiger charge is 2.40. The number of fused-ring (bicyclic) bond motifs is 2. The molecular formula is C29H33ClN4O5. The van der Waals surface area contributed by atoms with Gasteiger partial charge >= 0.3 is 0 Å². The maximum Gasteiger partial charge on any atom is 0.261 e. The average molecular weight is 553 g/mol. The monoisotopic (exact) mass is 552 g/mol. The molecular weight excluding hydrogens is 520 g/mol. The van der Waals surface area contributed by atoms with Crippen LogP contribution >= 0.6 is 11.8 Å². The SMILES string of the molecule is CC(C)(C)[C@@H](CN1C(=O)c2ccccc2C1=O)N=C=O.CC(C)(C)[C@@H](CN1C(=O)c2ccccc2C1=O)NCl. The van der Waals surface area contributed by atoms with Crippen molar-refractivity contribution in [2.75, 3.05) is 13.1 Å². The van der Waals surface area contributed by atoms with Crippen LogP contribution in [-0.2, 0) is 4.79 Å². The molecule has 4 rings (SSSR count). The molecule has 2 aromatic carbocycles. The van der Waals surface area contributed by atoms with E-state index in [1.165, 1.54) is 11.0 Å². The minimum absolute atomic E-state index is 0.0884. The summed E-state index contributed by atoms with van der Waals surface area (Å²) in [5.74, 6) is -1.16. The van der Waals surface area contributed by atoms with Crippen molar-refractivity contribution in [2.45, 2.75) is 53.6 Å². The van der Waals surface area contributed by atoms with Crippen LogP contribution in [0.4, 0.5) is 0 Å². The molecule has 2 aliphatic rings. The van der Waals surface area contributed by atoms with E-state index in [1.807, 2.05) is 41.5 Å². The maximum atomic E-state index is 12.2. The van der Waals surface area contributed by atoms with E-state index in [2.05, 4.69) is 9.83 Å². The summed E-state index contributed by atoms with van der Waals surface area (Å²) >= 11 is 5.74. The summed E-state index contributed by atoms with van der Waals surface area (Å²) in [4.78, 5) is 68.3. The number of isocyanates is 1. The number of hydrogen-bond acceptors (Lipinski definition) is 7. The van der Waals surface area contributed by atoms with Gasteiger partial charge in [0.1, 0.15) is 0 Å². The molecule has 0 spiro atoms. The zero-order chi connectivity index (χ0) is 29.1. The topological polar surface area (TPSA) is 116 Å². The van der Waals surface area contributed by atoms with Gasteiger partial charge in [0.15, 0.2) is 0 Å². The first-order valence-electron chi connectivity index (χ1n) is 12.6. The van der Waals surface area contributed by atoms with Gasteiger partial charge in [0.05, 0.1) is 34.8 Å². The third-order valence-corrected chi connectivity index (χ3v) is 7.13. The van der Waals surface area contributed by atoms with Crippen molar-refractivity contribution in [3.05, 3.63) is 70.8 Å². The predicted molar refractivity (Wildman–Crippen MR) is 147 cm³/mol. The van der Waals surface area contributed by atoms with Gasteiger partial charge in [-0.1, -0.05) is 65.8 Å². The van der Waals surface area contributed by atoms with Crippen LogP contribution in [0.5, 0.6) is 0 Å². The maximum absolute atomic E-state index is 12.2. The molecule has 0 saturated carbocycles. The van der Waals surface area contributed by atoms with Crippen LogP contribution in [0, 0.1) is 10.8 Å². The van der Waals surface area contributed by atoms with Crippen LogP contribution in [0.25, 0.3) is 0 Å². The highest BCUT2D eigenvalue weighted by atomic mass is 35.5. The third kappa shape index (κ3) is 6.33. The summed E-state index contributed by atoms with van der Waals surface area (Å²) in [6.07, 6.45) is 1.52. The Morgan fingerprint density at radius 3 is 1.36 bits per heavy atom. The Kier molecular flexibility index (Phi) is 8.91. The van der Waals surface area contributed by atoms with Crippen LogP contribution in [0.15, 0.2) is 53.5 Å². The fourth-order valence-electron chi connectivity index (χ4n) is 4.21.